The summed E-state index contributed by atoms with van der Waals surface area (Å²) in [6, 6.07) is 5.18. The zero-order chi connectivity index (χ0) is 19.9. The van der Waals surface area contributed by atoms with Gasteiger partial charge in [0.05, 0.1) is 7.11 Å². The standard InChI is InChI=1S/C17H20N8O3/c1-17(15(27)28-2)6-4-7-24(17)16-20-14(11-5-3-8-25(11)23-16)19-12-9-10(13(18)26)21-22-12/h3,5,8-9H,4,6-7H2,1-2H3,(H2,18,26)(H2,19,20,21,22,23)/t17-/m0/s1. The summed E-state index contributed by atoms with van der Waals surface area (Å²) in [6.07, 6.45) is 3.26. The Balaban J connectivity index is 1.74. The average Bonchev–Trinajstić information content (AvgIpc) is 3.40. The molecular weight excluding hydrogens is 364 g/mol. The number of ether oxygens (including phenoxy) is 1. The van der Waals surface area contributed by atoms with Gasteiger partial charge in [0.25, 0.3) is 5.91 Å². The van der Waals surface area contributed by atoms with Crippen molar-refractivity contribution in [3.05, 3.63) is 30.1 Å². The van der Waals surface area contributed by atoms with Crippen LogP contribution in [0.1, 0.15) is 30.3 Å². The van der Waals surface area contributed by atoms with Gasteiger partial charge in [0.2, 0.25) is 5.95 Å². The van der Waals surface area contributed by atoms with Crippen molar-refractivity contribution < 1.29 is 14.3 Å². The molecule has 1 aliphatic heterocycles. The lowest BCUT2D eigenvalue weighted by molar-refractivity contribution is -0.146. The number of anilines is 3. The number of aromatic amines is 1. The summed E-state index contributed by atoms with van der Waals surface area (Å²) in [5.74, 6) is 0.328. The number of carbonyl (C=O) groups is 2. The highest BCUT2D eigenvalue weighted by Crippen LogP contribution is 2.34. The maximum absolute atomic E-state index is 12.4. The fourth-order valence-electron chi connectivity index (χ4n) is 3.48. The third-order valence-corrected chi connectivity index (χ3v) is 4.98. The minimum atomic E-state index is -0.835. The van der Waals surface area contributed by atoms with Gasteiger partial charge in [0.15, 0.2) is 11.6 Å². The first-order chi connectivity index (χ1) is 13.4. The second kappa shape index (κ2) is 6.51. The van der Waals surface area contributed by atoms with E-state index in [0.29, 0.717) is 36.1 Å². The van der Waals surface area contributed by atoms with E-state index in [9.17, 15) is 9.59 Å². The molecule has 4 rings (SSSR count). The normalized spacial score (nSPS) is 19.1. The number of rotatable bonds is 5. The van der Waals surface area contributed by atoms with Crippen molar-refractivity contribution in [2.75, 3.05) is 23.9 Å². The van der Waals surface area contributed by atoms with E-state index in [4.69, 9.17) is 10.5 Å². The second-order valence-corrected chi connectivity index (χ2v) is 6.78. The zero-order valence-electron chi connectivity index (χ0n) is 15.5. The highest BCUT2D eigenvalue weighted by Gasteiger charge is 2.46. The van der Waals surface area contributed by atoms with Crippen LogP contribution in [0.3, 0.4) is 0 Å². The molecule has 0 radical (unpaired) electrons. The van der Waals surface area contributed by atoms with E-state index in [0.717, 1.165) is 6.42 Å². The number of nitrogens with two attached hydrogens (primary N) is 1. The highest BCUT2D eigenvalue weighted by molar-refractivity contribution is 5.92. The molecule has 0 spiro atoms. The fourth-order valence-corrected chi connectivity index (χ4v) is 3.48. The maximum Gasteiger partial charge on any atom is 0.331 e. The summed E-state index contributed by atoms with van der Waals surface area (Å²) in [4.78, 5) is 30.1. The molecule has 1 saturated heterocycles. The molecule has 0 bridgehead atoms. The molecule has 3 aromatic heterocycles. The second-order valence-electron chi connectivity index (χ2n) is 6.78. The number of hydrogen-bond acceptors (Lipinski definition) is 8. The monoisotopic (exact) mass is 384 g/mol. The number of aromatic nitrogens is 5. The van der Waals surface area contributed by atoms with Crippen molar-refractivity contribution in [2.45, 2.75) is 25.3 Å². The Morgan fingerprint density at radius 3 is 2.96 bits per heavy atom. The van der Waals surface area contributed by atoms with Crippen molar-refractivity contribution in [2.24, 2.45) is 5.73 Å². The van der Waals surface area contributed by atoms with Gasteiger partial charge in [-0.3, -0.25) is 9.89 Å². The van der Waals surface area contributed by atoms with E-state index < -0.39 is 11.4 Å². The van der Waals surface area contributed by atoms with E-state index >= 15 is 0 Å². The van der Waals surface area contributed by atoms with Gasteiger partial charge in [-0.1, -0.05) is 0 Å². The van der Waals surface area contributed by atoms with E-state index in [-0.39, 0.29) is 11.7 Å². The van der Waals surface area contributed by atoms with Gasteiger partial charge >= 0.3 is 5.97 Å². The van der Waals surface area contributed by atoms with Crippen LogP contribution in [-0.2, 0) is 9.53 Å². The molecule has 1 aliphatic rings. The molecule has 3 aromatic rings. The predicted octanol–water partition coefficient (Wildman–Crippen LogP) is 0.827. The van der Waals surface area contributed by atoms with E-state index in [2.05, 4.69) is 25.6 Å². The first-order valence-electron chi connectivity index (χ1n) is 8.76. The molecule has 1 amide bonds. The van der Waals surface area contributed by atoms with Crippen molar-refractivity contribution in [3.63, 3.8) is 0 Å². The summed E-state index contributed by atoms with van der Waals surface area (Å²) in [5.41, 5.74) is 5.32. The lowest BCUT2D eigenvalue weighted by Crippen LogP contribution is -2.49. The SMILES string of the molecule is COC(=O)[C@]1(C)CCCN1c1nc(Nc2cc(C(N)=O)[nH]n2)c2cccn2n1. The smallest absolute Gasteiger partial charge is 0.331 e. The van der Waals surface area contributed by atoms with Crippen LogP contribution in [0, 0.1) is 0 Å². The summed E-state index contributed by atoms with van der Waals surface area (Å²) < 4.78 is 6.66. The Hall–Kier alpha value is -3.63. The Labute approximate surface area is 159 Å². The van der Waals surface area contributed by atoms with E-state index in [1.165, 1.54) is 13.2 Å². The van der Waals surface area contributed by atoms with Crippen LogP contribution in [0.4, 0.5) is 17.6 Å². The van der Waals surface area contributed by atoms with Crippen LogP contribution in [-0.4, -0.2) is 55.9 Å². The van der Waals surface area contributed by atoms with Crippen LogP contribution in [0.5, 0.6) is 0 Å². The third-order valence-electron chi connectivity index (χ3n) is 4.98. The molecule has 0 unspecified atom stereocenters. The number of nitrogens with one attached hydrogen (secondary N) is 2. The maximum atomic E-state index is 12.4. The molecule has 0 saturated carbocycles. The van der Waals surface area contributed by atoms with Crippen LogP contribution in [0.15, 0.2) is 24.4 Å². The first kappa shape index (κ1) is 17.8. The Morgan fingerprint density at radius 2 is 2.25 bits per heavy atom. The van der Waals surface area contributed by atoms with Crippen molar-refractivity contribution in [1.82, 2.24) is 24.8 Å². The van der Waals surface area contributed by atoms with Crippen molar-refractivity contribution in [1.29, 1.82) is 0 Å². The highest BCUT2D eigenvalue weighted by atomic mass is 16.5. The van der Waals surface area contributed by atoms with Gasteiger partial charge in [0, 0.05) is 18.8 Å². The summed E-state index contributed by atoms with van der Waals surface area (Å²) in [7, 11) is 1.38. The van der Waals surface area contributed by atoms with E-state index in [1.54, 1.807) is 10.7 Å². The average molecular weight is 384 g/mol. The quantitative estimate of drug-likeness (QED) is 0.549. The fraction of sp³-hybridized carbons (Fsp3) is 0.353. The van der Waals surface area contributed by atoms with Gasteiger partial charge in [-0.05, 0) is 31.9 Å². The van der Waals surface area contributed by atoms with E-state index in [1.807, 2.05) is 24.0 Å². The number of methoxy groups -OCH3 is 1. The molecule has 0 aromatic carbocycles. The van der Waals surface area contributed by atoms with Crippen LogP contribution >= 0.6 is 0 Å². The van der Waals surface area contributed by atoms with Crippen LogP contribution in [0.2, 0.25) is 0 Å². The third kappa shape index (κ3) is 2.80. The lowest BCUT2D eigenvalue weighted by Gasteiger charge is -2.32. The van der Waals surface area contributed by atoms with Crippen molar-refractivity contribution in [3.8, 4) is 0 Å². The first-order valence-corrected chi connectivity index (χ1v) is 8.76. The molecule has 1 fully saturated rings. The summed E-state index contributed by atoms with van der Waals surface area (Å²) in [6.45, 7) is 2.46. The number of H-pyrrole nitrogens is 1. The molecule has 11 nitrogen and oxygen atoms in total. The minimum absolute atomic E-state index is 0.181. The lowest BCUT2D eigenvalue weighted by atomic mass is 9.99. The number of nitrogens with zero attached hydrogens (tertiary/aromatic N) is 5. The summed E-state index contributed by atoms with van der Waals surface area (Å²) >= 11 is 0. The van der Waals surface area contributed by atoms with Gasteiger partial charge in [-0.15, -0.1) is 5.10 Å². The number of fused-ring (bicyclic) bond motifs is 1. The number of hydrogen-bond donors (Lipinski definition) is 3. The molecule has 28 heavy (non-hydrogen) atoms. The van der Waals surface area contributed by atoms with Gasteiger partial charge < -0.3 is 20.7 Å². The number of esters is 1. The predicted molar refractivity (Wildman–Crippen MR) is 100 cm³/mol. The Bertz CT molecular complexity index is 1060. The molecule has 146 valence electrons. The molecule has 4 heterocycles. The Morgan fingerprint density at radius 1 is 1.43 bits per heavy atom. The topological polar surface area (TPSA) is 144 Å². The zero-order valence-corrected chi connectivity index (χ0v) is 15.5. The summed E-state index contributed by atoms with van der Waals surface area (Å²) in [5, 5.41) is 14.2. The van der Waals surface area contributed by atoms with Gasteiger partial charge in [0.1, 0.15) is 16.7 Å². The van der Waals surface area contributed by atoms with Crippen LogP contribution in [0.25, 0.3) is 5.52 Å². The van der Waals surface area contributed by atoms with Gasteiger partial charge in [-0.25, -0.2) is 9.31 Å². The molecule has 11 heteroatoms. The number of carbonyl (C=O) groups excluding carboxylic acids is 2. The van der Waals surface area contributed by atoms with Crippen molar-refractivity contribution >= 4 is 35.0 Å². The largest absolute Gasteiger partial charge is 0.467 e. The molecule has 1 atom stereocenters. The molecule has 4 N–H and O–H groups in total. The molecule has 0 aliphatic carbocycles. The van der Waals surface area contributed by atoms with Gasteiger partial charge in [-0.2, -0.15) is 10.1 Å². The number of primary amides is 1. The molecular formula is C17H20N8O3. The van der Waals surface area contributed by atoms with Crippen LogP contribution < -0.4 is 16.0 Å². The minimum Gasteiger partial charge on any atom is -0.467 e. The Kier molecular flexibility index (Phi) is 4.13. The number of amides is 1.